The molecular weight excluding hydrogens is 296 g/mol. The van der Waals surface area contributed by atoms with Crippen LogP contribution in [-0.2, 0) is 37.9 Å². The lowest BCUT2D eigenvalue weighted by Gasteiger charge is -2.58. The second-order valence-electron chi connectivity index (χ2n) is 5.69. The van der Waals surface area contributed by atoms with E-state index in [1.165, 1.54) is 0 Å². The van der Waals surface area contributed by atoms with E-state index in [1.807, 2.05) is 0 Å². The molecule has 0 aromatic rings. The topological polar surface area (TPSA) is 73.8 Å². The van der Waals surface area contributed by atoms with Crippen molar-refractivity contribution in [2.75, 3.05) is 46.8 Å². The lowest BCUT2D eigenvalue weighted by molar-refractivity contribution is -0.487. The summed E-state index contributed by atoms with van der Waals surface area (Å²) in [6.07, 6.45) is -1.40. The van der Waals surface area contributed by atoms with Gasteiger partial charge in [-0.15, -0.1) is 0 Å². The van der Waals surface area contributed by atoms with Crippen LogP contribution >= 0.6 is 0 Å². The quantitative estimate of drug-likeness (QED) is 0.628. The van der Waals surface area contributed by atoms with Gasteiger partial charge < -0.3 is 37.9 Å². The minimum absolute atomic E-state index is 0.214. The van der Waals surface area contributed by atoms with Gasteiger partial charge >= 0.3 is 0 Å². The Bertz CT molecular complexity index is 350. The molecule has 3 unspecified atom stereocenters. The molecule has 8 heteroatoms. The molecule has 4 heterocycles. The Labute approximate surface area is 128 Å². The highest BCUT2D eigenvalue weighted by atomic mass is 16.9. The maximum absolute atomic E-state index is 5.96. The summed E-state index contributed by atoms with van der Waals surface area (Å²) < 4.78 is 45.7. The van der Waals surface area contributed by atoms with E-state index >= 15 is 0 Å². The van der Waals surface area contributed by atoms with Crippen molar-refractivity contribution in [2.24, 2.45) is 0 Å². The molecule has 0 N–H and O–H groups in total. The average molecular weight is 318 g/mol. The van der Waals surface area contributed by atoms with Gasteiger partial charge in [0, 0.05) is 7.11 Å². The summed E-state index contributed by atoms with van der Waals surface area (Å²) in [5, 5.41) is 0. The number of hydrogen-bond donors (Lipinski definition) is 0. The molecule has 0 aromatic heterocycles. The van der Waals surface area contributed by atoms with Crippen LogP contribution in [0.3, 0.4) is 0 Å². The summed E-state index contributed by atoms with van der Waals surface area (Å²) in [7, 11) is 1.65. The zero-order valence-corrected chi connectivity index (χ0v) is 12.6. The summed E-state index contributed by atoms with van der Waals surface area (Å²) in [6.45, 7) is 2.37. The normalized spacial score (nSPS) is 49.2. The Kier molecular flexibility index (Phi) is 4.61. The van der Waals surface area contributed by atoms with Crippen molar-refractivity contribution in [3.8, 4) is 0 Å². The summed E-state index contributed by atoms with van der Waals surface area (Å²) in [4.78, 5) is 0. The van der Waals surface area contributed by atoms with Gasteiger partial charge in [0.2, 0.25) is 0 Å². The van der Waals surface area contributed by atoms with E-state index in [1.54, 1.807) is 7.11 Å². The molecule has 0 spiro atoms. The van der Waals surface area contributed by atoms with Crippen LogP contribution in [0, 0.1) is 0 Å². The maximum atomic E-state index is 5.96. The van der Waals surface area contributed by atoms with Crippen LogP contribution in [0.5, 0.6) is 0 Å². The lowest BCUT2D eigenvalue weighted by atomic mass is 9.82. The van der Waals surface area contributed by atoms with Crippen LogP contribution in [-0.4, -0.2) is 89.9 Å². The second-order valence-corrected chi connectivity index (χ2v) is 5.69. The predicted molar refractivity (Wildman–Crippen MR) is 70.3 cm³/mol. The molecule has 126 valence electrons. The van der Waals surface area contributed by atoms with Gasteiger partial charge in [-0.25, -0.2) is 0 Å². The van der Waals surface area contributed by atoms with Crippen LogP contribution < -0.4 is 0 Å². The monoisotopic (exact) mass is 318 g/mol. The van der Waals surface area contributed by atoms with Crippen LogP contribution in [0.1, 0.15) is 0 Å². The van der Waals surface area contributed by atoms with Gasteiger partial charge in [0.1, 0.15) is 36.6 Å². The molecule has 5 fully saturated rings. The minimum Gasteiger partial charge on any atom is -0.377 e. The third-order valence-corrected chi connectivity index (χ3v) is 4.47. The van der Waals surface area contributed by atoms with Gasteiger partial charge in [-0.2, -0.15) is 0 Å². The van der Waals surface area contributed by atoms with Crippen molar-refractivity contribution in [3.05, 3.63) is 0 Å². The Balaban J connectivity index is 1.54. The van der Waals surface area contributed by atoms with Crippen LogP contribution in [0.4, 0.5) is 0 Å². The van der Waals surface area contributed by atoms with Gasteiger partial charge in [0.15, 0.2) is 0 Å². The molecule has 22 heavy (non-hydrogen) atoms. The third-order valence-electron chi connectivity index (χ3n) is 4.47. The van der Waals surface area contributed by atoms with Gasteiger partial charge in [-0.05, 0) is 0 Å². The van der Waals surface area contributed by atoms with E-state index < -0.39 is 6.48 Å². The molecule has 1 aliphatic carbocycles. The molecule has 0 amide bonds. The molecule has 4 aliphatic heterocycles. The Morgan fingerprint density at radius 2 is 1.14 bits per heavy atom. The van der Waals surface area contributed by atoms with E-state index in [2.05, 4.69) is 0 Å². The number of ether oxygens (including phenoxy) is 8. The fourth-order valence-electron chi connectivity index (χ4n) is 3.52. The van der Waals surface area contributed by atoms with E-state index in [9.17, 15) is 0 Å². The molecule has 6 bridgehead atoms. The van der Waals surface area contributed by atoms with Crippen LogP contribution in [0.2, 0.25) is 0 Å². The Morgan fingerprint density at radius 1 is 0.636 bits per heavy atom. The van der Waals surface area contributed by atoms with Crippen LogP contribution in [0.25, 0.3) is 0 Å². The highest BCUT2D eigenvalue weighted by Gasteiger charge is 2.63. The molecule has 0 radical (unpaired) electrons. The summed E-state index contributed by atoms with van der Waals surface area (Å²) in [6, 6.07) is 0. The molecule has 5 aliphatic rings. The zero-order chi connectivity index (χ0) is 14.9. The van der Waals surface area contributed by atoms with Crippen molar-refractivity contribution < 1.29 is 37.9 Å². The molecule has 8 nitrogen and oxygen atoms in total. The summed E-state index contributed by atoms with van der Waals surface area (Å²) in [5.41, 5.74) is 0. The second kappa shape index (κ2) is 6.66. The fourth-order valence-corrected chi connectivity index (χ4v) is 3.52. The highest BCUT2D eigenvalue weighted by molar-refractivity contribution is 5.07. The van der Waals surface area contributed by atoms with E-state index in [0.29, 0.717) is 39.6 Å². The largest absolute Gasteiger partial charge is 0.377 e. The zero-order valence-electron chi connectivity index (χ0n) is 12.6. The standard InChI is InChI=1S/C14H22O8/c1-15-8-11-9-13-10(12(8)21-14(20-11)22-13)19-7-5-17-3-2-16-4-6-18-9/h8-14H,2-7H2,1H3/t8?,9-,10+,11+,12-,13?,14?. The van der Waals surface area contributed by atoms with Gasteiger partial charge in [0.05, 0.1) is 39.6 Å². The summed E-state index contributed by atoms with van der Waals surface area (Å²) >= 11 is 0. The fraction of sp³-hybridized carbons (Fsp3) is 1.00. The first kappa shape index (κ1) is 15.2. The first-order valence-electron chi connectivity index (χ1n) is 7.76. The molecule has 1 saturated carbocycles. The first-order chi connectivity index (χ1) is 10.9. The Morgan fingerprint density at radius 3 is 1.68 bits per heavy atom. The summed E-state index contributed by atoms with van der Waals surface area (Å²) in [5.74, 6) is 0. The van der Waals surface area contributed by atoms with Gasteiger partial charge in [0.25, 0.3) is 6.48 Å². The van der Waals surface area contributed by atoms with E-state index in [0.717, 1.165) is 0 Å². The molecule has 0 aromatic carbocycles. The lowest BCUT2D eigenvalue weighted by Crippen LogP contribution is -2.76. The number of methoxy groups -OCH3 is 1. The first-order valence-corrected chi connectivity index (χ1v) is 7.76. The third kappa shape index (κ3) is 2.67. The van der Waals surface area contributed by atoms with Crippen molar-refractivity contribution in [1.82, 2.24) is 0 Å². The predicted octanol–water partition coefficient (Wildman–Crippen LogP) is -0.701. The van der Waals surface area contributed by atoms with Gasteiger partial charge in [-0.3, -0.25) is 0 Å². The minimum atomic E-state index is -0.658. The molecule has 4 saturated heterocycles. The van der Waals surface area contributed by atoms with Crippen LogP contribution in [0.15, 0.2) is 0 Å². The molecular formula is C14H22O8. The Hall–Kier alpha value is -0.320. The number of hydrogen-bond acceptors (Lipinski definition) is 8. The smallest absolute Gasteiger partial charge is 0.272 e. The SMILES string of the molecule is COC1[C@H]2OC3OC4[C@H]2OCCOCCOCCO[C@@H]4[C@H]1O3. The van der Waals surface area contributed by atoms with Crippen molar-refractivity contribution >= 4 is 0 Å². The van der Waals surface area contributed by atoms with Crippen molar-refractivity contribution in [2.45, 2.75) is 43.1 Å². The van der Waals surface area contributed by atoms with Gasteiger partial charge in [-0.1, -0.05) is 0 Å². The molecule has 5 rings (SSSR count). The van der Waals surface area contributed by atoms with Crippen molar-refractivity contribution in [1.29, 1.82) is 0 Å². The highest BCUT2D eigenvalue weighted by Crippen LogP contribution is 2.43. The molecule has 7 atom stereocenters. The van der Waals surface area contributed by atoms with Crippen molar-refractivity contribution in [3.63, 3.8) is 0 Å². The van der Waals surface area contributed by atoms with E-state index in [4.69, 9.17) is 37.9 Å². The van der Waals surface area contributed by atoms with E-state index in [-0.39, 0.29) is 36.6 Å². The average Bonchev–Trinajstić information content (AvgIpc) is 2.54. The number of rotatable bonds is 1. The maximum Gasteiger partial charge on any atom is 0.272 e.